The average molecular weight is 469 g/mol. The lowest BCUT2D eigenvalue weighted by molar-refractivity contribution is -0.138. The van der Waals surface area contributed by atoms with E-state index in [1.54, 1.807) is 30.3 Å². The van der Waals surface area contributed by atoms with Crippen molar-refractivity contribution in [3.05, 3.63) is 78.1 Å². The maximum Gasteiger partial charge on any atom is 0.416 e. The van der Waals surface area contributed by atoms with Crippen molar-refractivity contribution in [2.45, 2.75) is 19.0 Å². The summed E-state index contributed by atoms with van der Waals surface area (Å²) >= 11 is 0. The molecule has 3 aromatic carbocycles. The van der Waals surface area contributed by atoms with Crippen LogP contribution in [0.5, 0.6) is 0 Å². The molecule has 34 heavy (non-hydrogen) atoms. The molecule has 2 N–H and O–H groups in total. The van der Waals surface area contributed by atoms with E-state index in [0.717, 1.165) is 12.1 Å². The summed E-state index contributed by atoms with van der Waals surface area (Å²) in [6.45, 7) is 0.322. The molecular weight excluding hydrogens is 450 g/mol. The molecule has 0 saturated carbocycles. The zero-order valence-corrected chi connectivity index (χ0v) is 17.7. The van der Waals surface area contributed by atoms with Crippen LogP contribution in [-0.4, -0.2) is 27.6 Å². The molecular formula is C25H19F4N3O2. The highest BCUT2D eigenvalue weighted by Gasteiger charge is 2.30. The largest absolute Gasteiger partial charge is 0.481 e. The van der Waals surface area contributed by atoms with E-state index in [0.29, 0.717) is 52.2 Å². The van der Waals surface area contributed by atoms with Crippen LogP contribution in [0.25, 0.3) is 33.4 Å². The molecule has 4 aromatic rings. The molecule has 0 amide bonds. The Morgan fingerprint density at radius 2 is 1.65 bits per heavy atom. The molecule has 0 bridgehead atoms. The minimum absolute atomic E-state index is 0.0196. The van der Waals surface area contributed by atoms with Crippen LogP contribution in [0.2, 0.25) is 0 Å². The molecule has 4 rings (SSSR count). The molecule has 0 saturated heterocycles. The number of alkyl halides is 3. The van der Waals surface area contributed by atoms with E-state index in [-0.39, 0.29) is 6.42 Å². The lowest BCUT2D eigenvalue weighted by Crippen LogP contribution is -2.08. The van der Waals surface area contributed by atoms with Crippen LogP contribution in [-0.2, 0) is 11.0 Å². The second kappa shape index (κ2) is 9.46. The third-order valence-electron chi connectivity index (χ3n) is 5.18. The molecule has 0 atom stereocenters. The van der Waals surface area contributed by atoms with E-state index >= 15 is 0 Å². The van der Waals surface area contributed by atoms with Gasteiger partial charge in [0.2, 0.25) is 0 Å². The second-order valence-corrected chi connectivity index (χ2v) is 7.64. The van der Waals surface area contributed by atoms with Crippen LogP contribution in [0.3, 0.4) is 0 Å². The summed E-state index contributed by atoms with van der Waals surface area (Å²) in [6, 6.07) is 16.0. The number of aromatic nitrogens is 2. The number of hydrogen-bond donors (Lipinski definition) is 2. The molecule has 1 heterocycles. The van der Waals surface area contributed by atoms with Crippen LogP contribution >= 0.6 is 0 Å². The van der Waals surface area contributed by atoms with Gasteiger partial charge in [0.1, 0.15) is 11.6 Å². The number of halogens is 4. The summed E-state index contributed by atoms with van der Waals surface area (Å²) in [5.74, 6) is -0.660. The molecule has 0 spiro atoms. The average Bonchev–Trinajstić information content (AvgIpc) is 2.81. The van der Waals surface area contributed by atoms with Crippen molar-refractivity contribution in [1.82, 2.24) is 9.97 Å². The number of benzene rings is 3. The molecule has 0 unspecified atom stereocenters. The van der Waals surface area contributed by atoms with Crippen molar-refractivity contribution in [3.63, 3.8) is 0 Å². The quantitative estimate of drug-likeness (QED) is 0.242. The van der Waals surface area contributed by atoms with Crippen LogP contribution in [0.1, 0.15) is 18.4 Å². The number of nitrogens with one attached hydrogen (secondary N) is 1. The van der Waals surface area contributed by atoms with Gasteiger partial charge in [0, 0.05) is 23.9 Å². The molecule has 0 fully saturated rings. The van der Waals surface area contributed by atoms with Crippen LogP contribution in [0.15, 0.2) is 66.7 Å². The van der Waals surface area contributed by atoms with Gasteiger partial charge < -0.3 is 10.4 Å². The second-order valence-electron chi connectivity index (χ2n) is 7.64. The Morgan fingerprint density at radius 3 is 2.35 bits per heavy atom. The Bertz CT molecular complexity index is 1340. The predicted molar refractivity (Wildman–Crippen MR) is 121 cm³/mol. The first-order chi connectivity index (χ1) is 16.2. The van der Waals surface area contributed by atoms with Gasteiger partial charge in [0.25, 0.3) is 0 Å². The van der Waals surface area contributed by atoms with Gasteiger partial charge in [-0.15, -0.1) is 0 Å². The Morgan fingerprint density at radius 1 is 0.912 bits per heavy atom. The van der Waals surface area contributed by atoms with Gasteiger partial charge in [-0.3, -0.25) is 4.79 Å². The number of carbonyl (C=O) groups is 1. The number of rotatable bonds is 7. The number of aliphatic carboxylic acids is 1. The molecule has 0 aliphatic heterocycles. The Hall–Kier alpha value is -4.01. The van der Waals surface area contributed by atoms with Crippen LogP contribution in [0, 0.1) is 5.82 Å². The number of hydrogen-bond acceptors (Lipinski definition) is 4. The molecule has 0 radical (unpaired) electrons. The van der Waals surface area contributed by atoms with E-state index in [2.05, 4.69) is 15.3 Å². The number of carboxylic acid groups (broad SMARTS) is 1. The number of nitrogens with zero attached hydrogens (tertiary/aromatic N) is 2. The van der Waals surface area contributed by atoms with Gasteiger partial charge in [0.05, 0.1) is 11.1 Å². The summed E-state index contributed by atoms with van der Waals surface area (Å²) in [4.78, 5) is 19.7. The Labute approximate surface area is 192 Å². The molecule has 0 aliphatic carbocycles. The van der Waals surface area contributed by atoms with Crippen LogP contribution < -0.4 is 5.32 Å². The van der Waals surface area contributed by atoms with Gasteiger partial charge in [-0.2, -0.15) is 13.2 Å². The van der Waals surface area contributed by atoms with E-state index in [1.165, 1.54) is 24.3 Å². The SMILES string of the molecule is O=C(O)CCCNc1nc(-c2ccc(-c3cccc(C(F)(F)F)c3)cc2)nc2ccc(F)cc12. The highest BCUT2D eigenvalue weighted by atomic mass is 19.4. The summed E-state index contributed by atoms with van der Waals surface area (Å²) < 4.78 is 52.9. The fourth-order valence-corrected chi connectivity index (χ4v) is 3.50. The smallest absolute Gasteiger partial charge is 0.416 e. The maximum absolute atomic E-state index is 13.8. The fraction of sp³-hybridized carbons (Fsp3) is 0.160. The lowest BCUT2D eigenvalue weighted by atomic mass is 10.0. The Kier molecular flexibility index (Phi) is 6.45. The van der Waals surface area contributed by atoms with Crippen molar-refractivity contribution >= 4 is 22.7 Å². The fourth-order valence-electron chi connectivity index (χ4n) is 3.50. The summed E-state index contributed by atoms with van der Waals surface area (Å²) in [6.07, 6.45) is -4.09. The molecule has 1 aromatic heterocycles. The van der Waals surface area contributed by atoms with Gasteiger partial charge in [-0.1, -0.05) is 36.4 Å². The molecule has 174 valence electrons. The van der Waals surface area contributed by atoms with Gasteiger partial charge in [-0.25, -0.2) is 14.4 Å². The first kappa shape index (κ1) is 23.2. The zero-order valence-electron chi connectivity index (χ0n) is 17.7. The molecule has 0 aliphatic rings. The number of anilines is 1. The summed E-state index contributed by atoms with van der Waals surface area (Å²) in [5, 5.41) is 12.3. The van der Waals surface area contributed by atoms with E-state index in [4.69, 9.17) is 5.11 Å². The van der Waals surface area contributed by atoms with Crippen molar-refractivity contribution in [1.29, 1.82) is 0 Å². The van der Waals surface area contributed by atoms with E-state index in [9.17, 15) is 22.4 Å². The highest BCUT2D eigenvalue weighted by Crippen LogP contribution is 2.33. The normalized spacial score (nSPS) is 11.5. The van der Waals surface area contributed by atoms with E-state index < -0.39 is 23.5 Å². The van der Waals surface area contributed by atoms with Gasteiger partial charge >= 0.3 is 12.1 Å². The van der Waals surface area contributed by atoms with Gasteiger partial charge in [0.15, 0.2) is 5.82 Å². The monoisotopic (exact) mass is 469 g/mol. The first-order valence-electron chi connectivity index (χ1n) is 10.4. The summed E-state index contributed by atoms with van der Waals surface area (Å²) in [5.41, 5.74) is 1.42. The zero-order chi connectivity index (χ0) is 24.3. The van der Waals surface area contributed by atoms with E-state index in [1.807, 2.05) is 0 Å². The van der Waals surface area contributed by atoms with Crippen molar-refractivity contribution < 1.29 is 27.5 Å². The van der Waals surface area contributed by atoms with Crippen molar-refractivity contribution in [3.8, 4) is 22.5 Å². The third kappa shape index (κ3) is 5.31. The molecule has 5 nitrogen and oxygen atoms in total. The lowest BCUT2D eigenvalue weighted by Gasteiger charge is -2.12. The van der Waals surface area contributed by atoms with Crippen molar-refractivity contribution in [2.24, 2.45) is 0 Å². The topological polar surface area (TPSA) is 75.1 Å². The van der Waals surface area contributed by atoms with Crippen LogP contribution in [0.4, 0.5) is 23.4 Å². The predicted octanol–water partition coefficient (Wildman–Crippen LogP) is 6.40. The summed E-state index contributed by atoms with van der Waals surface area (Å²) in [7, 11) is 0. The standard InChI is InChI=1S/C25H19F4N3O2/c26-19-10-11-21-20(14-19)24(30-12-2-5-22(33)34)32-23(31-21)16-8-6-15(7-9-16)17-3-1-4-18(13-17)25(27,28)29/h1,3-4,6-11,13-14H,2,5,12H2,(H,33,34)(H,30,31,32). The maximum atomic E-state index is 13.8. The minimum Gasteiger partial charge on any atom is -0.481 e. The number of fused-ring (bicyclic) bond motifs is 1. The Balaban J connectivity index is 1.65. The minimum atomic E-state index is -4.43. The van der Waals surface area contributed by atoms with Crippen molar-refractivity contribution in [2.75, 3.05) is 11.9 Å². The van der Waals surface area contributed by atoms with Gasteiger partial charge in [-0.05, 0) is 47.9 Å². The first-order valence-corrected chi connectivity index (χ1v) is 10.4. The number of carboxylic acids is 1. The highest BCUT2D eigenvalue weighted by molar-refractivity contribution is 5.90. The third-order valence-corrected chi connectivity index (χ3v) is 5.18. The molecule has 9 heteroatoms.